The lowest BCUT2D eigenvalue weighted by molar-refractivity contribution is -0.732. The number of anilines is 1. The average molecular weight is 748 g/mol. The summed E-state index contributed by atoms with van der Waals surface area (Å²) >= 11 is 0.942. The first kappa shape index (κ1) is 39.8. The first-order valence-corrected chi connectivity index (χ1v) is 17.3. The van der Waals surface area contributed by atoms with Crippen molar-refractivity contribution < 1.29 is 57.9 Å². The van der Waals surface area contributed by atoms with Crippen LogP contribution in [0.25, 0.3) is 10.9 Å². The van der Waals surface area contributed by atoms with Gasteiger partial charge in [0.15, 0.2) is 12.2 Å². The van der Waals surface area contributed by atoms with Gasteiger partial charge in [-0.25, -0.2) is 24.2 Å². The molecule has 1 aliphatic heterocycles. The normalized spacial score (nSPS) is 15.4. The molecule has 3 aromatic rings. The maximum Gasteiger partial charge on any atom is 0.413 e. The van der Waals surface area contributed by atoms with Gasteiger partial charge in [0, 0.05) is 11.4 Å². The van der Waals surface area contributed by atoms with Gasteiger partial charge in [0.2, 0.25) is 11.2 Å². The van der Waals surface area contributed by atoms with Crippen LogP contribution in [0.3, 0.4) is 0 Å². The molecule has 1 atom stereocenters. The van der Waals surface area contributed by atoms with E-state index >= 15 is 0 Å². The van der Waals surface area contributed by atoms with Gasteiger partial charge in [-0.05, 0) is 74.4 Å². The number of carbonyl (C=O) groups excluding carboxylic acids is 3. The Labute approximate surface area is 305 Å². The zero-order valence-corrected chi connectivity index (χ0v) is 31.8. The van der Waals surface area contributed by atoms with Gasteiger partial charge in [-0.1, -0.05) is 5.16 Å². The van der Waals surface area contributed by atoms with Gasteiger partial charge in [-0.15, -0.1) is 16.0 Å². The zero-order valence-electron chi connectivity index (χ0n) is 31.0. The fourth-order valence-electron chi connectivity index (χ4n) is 4.90. The number of aliphatic hydroxyl groups is 1. The van der Waals surface area contributed by atoms with Gasteiger partial charge < -0.3 is 38.9 Å². The Balaban J connectivity index is 1.47. The van der Waals surface area contributed by atoms with Crippen LogP contribution >= 0.6 is 11.3 Å². The van der Waals surface area contributed by atoms with Crippen molar-refractivity contribution in [1.82, 2.24) is 14.6 Å². The van der Waals surface area contributed by atoms with Crippen LogP contribution in [-0.2, 0) is 42.2 Å². The summed E-state index contributed by atoms with van der Waals surface area (Å²) in [6, 6.07) is 5.21. The minimum Gasteiger partial charge on any atom is -0.489 e. The molecule has 1 unspecified atom stereocenters. The standard InChI is InChI=1S/C34H46N6O11S/c1-31(2,3)48-27(43)24(51-37-25(26(41)42)22-16-52-28(35-22)36-29(44)49-32(4,5)6)15-47-21-11-12-23-20(13-21)14-40(38(23)10)19-34(46)17-39(18-34)30(45)50-33(7,8)9/h11-14,16,24,46H,15,17-19H2,1-10H3,(H-,35,36,41,42,44)/p+1. The number of nitrogens with zero attached hydrogens (tertiary/aromatic N) is 5. The molecule has 284 valence electrons. The Morgan fingerprint density at radius 3 is 2.25 bits per heavy atom. The van der Waals surface area contributed by atoms with Crippen molar-refractivity contribution in [2.45, 2.75) is 97.4 Å². The topological polar surface area (TPSA) is 204 Å². The predicted molar refractivity (Wildman–Crippen MR) is 188 cm³/mol. The molecule has 1 saturated heterocycles. The largest absolute Gasteiger partial charge is 0.489 e. The number of fused-ring (bicyclic) bond motifs is 1. The quantitative estimate of drug-likeness (QED) is 0.0842. The van der Waals surface area contributed by atoms with Crippen LogP contribution in [-0.4, -0.2) is 103 Å². The van der Waals surface area contributed by atoms with E-state index in [4.69, 9.17) is 23.8 Å². The number of aliphatic carboxylic acids is 1. The molecule has 0 spiro atoms. The van der Waals surface area contributed by atoms with Gasteiger partial charge in [0.25, 0.3) is 6.10 Å². The minimum atomic E-state index is -1.50. The number of benzene rings is 1. The van der Waals surface area contributed by atoms with E-state index in [-0.39, 0.29) is 30.5 Å². The first-order valence-electron chi connectivity index (χ1n) is 16.4. The van der Waals surface area contributed by atoms with Crippen LogP contribution in [0.4, 0.5) is 14.7 Å². The predicted octanol–water partition coefficient (Wildman–Crippen LogP) is 3.85. The van der Waals surface area contributed by atoms with E-state index in [1.54, 1.807) is 80.5 Å². The summed E-state index contributed by atoms with van der Waals surface area (Å²) in [4.78, 5) is 60.7. The Morgan fingerprint density at radius 2 is 1.65 bits per heavy atom. The molecule has 2 aromatic heterocycles. The number of amides is 2. The average Bonchev–Trinajstić information content (AvgIpc) is 3.53. The van der Waals surface area contributed by atoms with E-state index < -0.39 is 65.0 Å². The van der Waals surface area contributed by atoms with Crippen LogP contribution in [0.5, 0.6) is 5.75 Å². The third-order valence-corrected chi connectivity index (χ3v) is 7.76. The van der Waals surface area contributed by atoms with Crippen molar-refractivity contribution >= 4 is 57.2 Å². The number of β-amino-alcohol motifs (C(OH)–C–C–N with tert-alkyl or cyclic N) is 1. The molecule has 17 nitrogen and oxygen atoms in total. The van der Waals surface area contributed by atoms with E-state index in [1.807, 2.05) is 22.6 Å². The van der Waals surface area contributed by atoms with Gasteiger partial charge in [-0.2, -0.15) is 4.68 Å². The van der Waals surface area contributed by atoms with Crippen LogP contribution in [0, 0.1) is 0 Å². The lowest BCUT2D eigenvalue weighted by Gasteiger charge is -2.45. The van der Waals surface area contributed by atoms with Crippen LogP contribution in [0.2, 0.25) is 0 Å². The van der Waals surface area contributed by atoms with Crippen molar-refractivity contribution in [2.24, 2.45) is 12.2 Å². The zero-order chi connectivity index (χ0) is 38.8. The highest BCUT2D eigenvalue weighted by molar-refractivity contribution is 7.14. The summed E-state index contributed by atoms with van der Waals surface area (Å²) in [6.45, 7) is 15.5. The highest BCUT2D eigenvalue weighted by Gasteiger charge is 2.46. The molecule has 0 bridgehead atoms. The summed E-state index contributed by atoms with van der Waals surface area (Å²) < 4.78 is 25.7. The number of esters is 1. The van der Waals surface area contributed by atoms with E-state index in [1.165, 1.54) is 10.3 Å². The molecule has 0 aliphatic carbocycles. The lowest BCUT2D eigenvalue weighted by Crippen LogP contribution is -2.66. The molecular formula is C34H47N6O11S+. The molecule has 0 radical (unpaired) electrons. The second-order valence-electron chi connectivity index (χ2n) is 15.4. The number of likely N-dealkylation sites (tertiary alicyclic amines) is 1. The number of carbonyl (C=O) groups is 4. The maximum absolute atomic E-state index is 13.1. The minimum absolute atomic E-state index is 0.0625. The van der Waals surface area contributed by atoms with Gasteiger partial charge in [0.1, 0.15) is 47.0 Å². The number of carboxylic acid groups (broad SMARTS) is 1. The number of ether oxygens (including phenoxy) is 4. The highest BCUT2D eigenvalue weighted by Crippen LogP contribution is 2.27. The molecule has 52 heavy (non-hydrogen) atoms. The van der Waals surface area contributed by atoms with Crippen molar-refractivity contribution in [2.75, 3.05) is 25.0 Å². The molecule has 3 N–H and O–H groups in total. The van der Waals surface area contributed by atoms with Gasteiger partial charge in [0.05, 0.1) is 24.7 Å². The Kier molecular flexibility index (Phi) is 11.4. The highest BCUT2D eigenvalue weighted by atomic mass is 32.1. The summed E-state index contributed by atoms with van der Waals surface area (Å²) in [7, 11) is 1.83. The molecule has 3 heterocycles. The van der Waals surface area contributed by atoms with E-state index in [0.717, 1.165) is 22.2 Å². The molecule has 2 amide bonds. The third kappa shape index (κ3) is 11.0. The Bertz CT molecular complexity index is 1840. The number of nitrogens with one attached hydrogen (secondary N) is 1. The number of carboxylic acids is 1. The summed E-state index contributed by atoms with van der Waals surface area (Å²) in [5, 5.41) is 29.3. The summed E-state index contributed by atoms with van der Waals surface area (Å²) in [5.74, 6) is -1.98. The SMILES string of the molecule is C[n+]1c2ccc(OCC(ON=C(C(=O)O)c3csc(NC(=O)OC(C)(C)C)n3)C(=O)OC(C)(C)C)cc2cn1CC1(O)CN(C(=O)OC(C)(C)C)C1. The Morgan fingerprint density at radius 1 is 1.02 bits per heavy atom. The third-order valence-electron chi connectivity index (χ3n) is 7.00. The monoisotopic (exact) mass is 747 g/mol. The molecular weight excluding hydrogens is 700 g/mol. The summed E-state index contributed by atoms with van der Waals surface area (Å²) in [5.41, 5.74) is -3.38. The van der Waals surface area contributed by atoms with Crippen molar-refractivity contribution in [3.05, 3.63) is 35.5 Å². The number of aromatic nitrogens is 3. The maximum atomic E-state index is 13.1. The van der Waals surface area contributed by atoms with E-state index in [2.05, 4.69) is 15.5 Å². The van der Waals surface area contributed by atoms with E-state index in [0.29, 0.717) is 5.75 Å². The number of hydrogen-bond acceptors (Lipinski definition) is 13. The number of thiazole rings is 1. The van der Waals surface area contributed by atoms with Crippen LogP contribution in [0.1, 0.15) is 68.0 Å². The molecule has 1 aliphatic rings. The lowest BCUT2D eigenvalue weighted by atomic mass is 9.95. The number of oxime groups is 1. The smallest absolute Gasteiger partial charge is 0.413 e. The first-order chi connectivity index (χ1) is 23.9. The van der Waals surface area contributed by atoms with Crippen LogP contribution < -0.4 is 14.7 Å². The number of hydrogen-bond donors (Lipinski definition) is 3. The molecule has 0 saturated carbocycles. The van der Waals surface area contributed by atoms with Crippen molar-refractivity contribution in [1.29, 1.82) is 0 Å². The van der Waals surface area contributed by atoms with E-state index in [9.17, 15) is 29.4 Å². The second kappa shape index (κ2) is 14.9. The van der Waals surface area contributed by atoms with Crippen LogP contribution in [0.15, 0.2) is 34.9 Å². The molecule has 4 rings (SSSR count). The summed E-state index contributed by atoms with van der Waals surface area (Å²) in [6.07, 6.45) is -0.916. The molecule has 18 heteroatoms. The number of rotatable bonds is 11. The Hall–Kier alpha value is -4.97. The fraction of sp³-hybridized carbons (Fsp3) is 0.559. The fourth-order valence-corrected chi connectivity index (χ4v) is 5.58. The molecule has 1 aromatic carbocycles. The number of aryl methyl sites for hydroxylation is 1. The van der Waals surface area contributed by atoms with Crippen molar-refractivity contribution in [3.63, 3.8) is 0 Å². The van der Waals surface area contributed by atoms with Gasteiger partial charge >= 0.3 is 24.1 Å². The second-order valence-corrected chi connectivity index (χ2v) is 16.2. The van der Waals surface area contributed by atoms with Gasteiger partial charge in [-0.3, -0.25) is 5.32 Å². The van der Waals surface area contributed by atoms with Crippen molar-refractivity contribution in [3.8, 4) is 5.75 Å². The molecule has 1 fully saturated rings.